The lowest BCUT2D eigenvalue weighted by Crippen LogP contribution is -2.34. The number of carbonyl (C=O) groups excluding carboxylic acids is 1. The summed E-state index contributed by atoms with van der Waals surface area (Å²) < 4.78 is 23.1. The van der Waals surface area contributed by atoms with Crippen molar-refractivity contribution < 1.29 is 17.7 Å². The number of carbonyl (C=O) groups is 1. The van der Waals surface area contributed by atoms with Crippen LogP contribution in [0.4, 0.5) is 0 Å². The van der Waals surface area contributed by atoms with Gasteiger partial charge in [-0.3, -0.25) is 0 Å². The molecule has 7 heteroatoms. The highest BCUT2D eigenvalue weighted by molar-refractivity contribution is 7.80. The Morgan fingerprint density at radius 3 is 2.70 bits per heavy atom. The number of thiol groups is 1. The van der Waals surface area contributed by atoms with Crippen molar-refractivity contribution >= 4 is 30.0 Å². The van der Waals surface area contributed by atoms with Gasteiger partial charge in [0.15, 0.2) is 0 Å². The van der Waals surface area contributed by atoms with E-state index in [0.717, 1.165) is 0 Å². The minimum atomic E-state index is -2.83. The van der Waals surface area contributed by atoms with Crippen LogP contribution in [0, 0.1) is 0 Å². The van der Waals surface area contributed by atoms with Gasteiger partial charge in [0.2, 0.25) is 0 Å². The quantitative estimate of drug-likeness (QED) is 0.415. The number of hydrogen-bond acceptors (Lipinski definition) is 6. The molecule has 0 radical (unpaired) electrons. The molecule has 0 aromatic rings. The third-order valence-electron chi connectivity index (χ3n) is 0.650. The van der Waals surface area contributed by atoms with Crippen molar-refractivity contribution in [2.75, 3.05) is 5.75 Å². The van der Waals surface area contributed by atoms with Gasteiger partial charge in [0.1, 0.15) is 17.4 Å². The first-order valence-corrected chi connectivity index (χ1v) is 3.89. The highest BCUT2D eigenvalue weighted by atomic mass is 32.2. The molecule has 0 saturated heterocycles. The van der Waals surface area contributed by atoms with E-state index in [1.807, 2.05) is 0 Å². The first-order chi connectivity index (χ1) is 4.57. The van der Waals surface area contributed by atoms with E-state index in [9.17, 15) is 13.6 Å². The lowest BCUT2D eigenvalue weighted by molar-refractivity contribution is -0.134. The summed E-state index contributed by atoms with van der Waals surface area (Å²) >= 11 is 0.819. The van der Waals surface area contributed by atoms with Crippen molar-refractivity contribution in [2.45, 2.75) is 6.04 Å². The van der Waals surface area contributed by atoms with Crippen LogP contribution in [0.1, 0.15) is 0 Å². The Bertz CT molecular complexity index is 149. The summed E-state index contributed by atoms with van der Waals surface area (Å²) in [6.07, 6.45) is 0. The van der Waals surface area contributed by atoms with E-state index in [1.165, 1.54) is 0 Å². The minimum Gasteiger partial charge on any atom is -0.740 e. The predicted octanol–water partition coefficient (Wildman–Crippen LogP) is -1.42. The summed E-state index contributed by atoms with van der Waals surface area (Å²) in [5, 5.41) is 0. The molecule has 0 aromatic heterocycles. The molecule has 60 valence electrons. The molecular formula is C3H6NO4S2-. The van der Waals surface area contributed by atoms with Gasteiger partial charge in [-0.2, -0.15) is 12.6 Å². The lowest BCUT2D eigenvalue weighted by Gasteiger charge is -2.08. The van der Waals surface area contributed by atoms with Gasteiger partial charge in [-0.05, 0) is 0 Å². The van der Waals surface area contributed by atoms with Gasteiger partial charge < -0.3 is 14.5 Å². The Hall–Kier alpha value is -0.110. The second-order valence-electron chi connectivity index (χ2n) is 1.40. The number of hydrogen-bond donors (Lipinski definition) is 2. The molecule has 0 saturated carbocycles. The van der Waals surface area contributed by atoms with Gasteiger partial charge in [0, 0.05) is 5.75 Å². The maximum atomic E-state index is 10.4. The molecular weight excluding hydrogens is 178 g/mol. The maximum Gasteiger partial charge on any atom is 0.336 e. The highest BCUT2D eigenvalue weighted by Gasteiger charge is 2.12. The Balaban J connectivity index is 3.73. The summed E-state index contributed by atoms with van der Waals surface area (Å²) in [6.45, 7) is 0. The van der Waals surface area contributed by atoms with Crippen molar-refractivity contribution in [1.82, 2.24) is 0 Å². The normalized spacial score (nSPS) is 15.9. The lowest BCUT2D eigenvalue weighted by atomic mass is 10.4. The van der Waals surface area contributed by atoms with Crippen molar-refractivity contribution in [2.24, 2.45) is 5.73 Å². The fourth-order valence-electron chi connectivity index (χ4n) is 0.203. The molecule has 0 aromatic carbocycles. The zero-order valence-electron chi connectivity index (χ0n) is 4.85. The van der Waals surface area contributed by atoms with Crippen LogP contribution < -0.4 is 5.73 Å². The Kier molecular flexibility index (Phi) is 4.62. The van der Waals surface area contributed by atoms with Crippen LogP contribution in [0.25, 0.3) is 0 Å². The monoisotopic (exact) mass is 184 g/mol. The van der Waals surface area contributed by atoms with Crippen molar-refractivity contribution in [3.8, 4) is 0 Å². The van der Waals surface area contributed by atoms with E-state index >= 15 is 0 Å². The average molecular weight is 184 g/mol. The summed E-state index contributed by atoms with van der Waals surface area (Å²) in [4.78, 5) is 10.4. The molecule has 0 heterocycles. The van der Waals surface area contributed by atoms with E-state index in [2.05, 4.69) is 16.8 Å². The van der Waals surface area contributed by atoms with Crippen LogP contribution >= 0.6 is 12.6 Å². The second kappa shape index (κ2) is 4.67. The second-order valence-corrected chi connectivity index (χ2v) is 2.34. The fraction of sp³-hybridized carbons (Fsp3) is 0.667. The van der Waals surface area contributed by atoms with Gasteiger partial charge in [0.25, 0.3) is 0 Å². The molecule has 0 fully saturated rings. The van der Waals surface area contributed by atoms with Crippen LogP contribution in [-0.2, 0) is 20.3 Å². The molecule has 0 aliphatic rings. The van der Waals surface area contributed by atoms with Gasteiger partial charge in [0.05, 0.1) is 0 Å². The fourth-order valence-corrected chi connectivity index (χ4v) is 0.610. The number of nitrogens with two attached hydrogens (primary N) is 1. The molecule has 2 atom stereocenters. The minimum absolute atomic E-state index is 0.0516. The topological polar surface area (TPSA) is 92.5 Å². The largest absolute Gasteiger partial charge is 0.740 e. The summed E-state index contributed by atoms with van der Waals surface area (Å²) in [5.41, 5.74) is 5.04. The van der Waals surface area contributed by atoms with Crippen LogP contribution in [0.3, 0.4) is 0 Å². The highest BCUT2D eigenvalue weighted by Crippen LogP contribution is 1.89. The molecule has 0 spiro atoms. The van der Waals surface area contributed by atoms with E-state index in [0.29, 0.717) is 0 Å². The van der Waals surface area contributed by atoms with Crippen molar-refractivity contribution in [3.63, 3.8) is 0 Å². The molecule has 0 aliphatic heterocycles. The average Bonchev–Trinajstić information content (AvgIpc) is 1.85. The molecule has 0 aliphatic carbocycles. The molecule has 0 rings (SSSR count). The predicted molar refractivity (Wildman–Crippen MR) is 36.8 cm³/mol. The van der Waals surface area contributed by atoms with Gasteiger partial charge in [-0.15, -0.1) is 0 Å². The van der Waals surface area contributed by atoms with Crippen LogP contribution in [0.5, 0.6) is 0 Å². The van der Waals surface area contributed by atoms with E-state index < -0.39 is 23.4 Å². The molecule has 0 amide bonds. The Morgan fingerprint density at radius 2 is 2.40 bits per heavy atom. The molecule has 1 unspecified atom stereocenters. The van der Waals surface area contributed by atoms with Crippen LogP contribution in [-0.4, -0.2) is 26.5 Å². The summed E-state index contributed by atoms with van der Waals surface area (Å²) in [5.74, 6) is -0.945. The van der Waals surface area contributed by atoms with E-state index in [-0.39, 0.29) is 5.75 Å². The zero-order valence-corrected chi connectivity index (χ0v) is 6.56. The van der Waals surface area contributed by atoms with Crippen LogP contribution in [0.15, 0.2) is 0 Å². The van der Waals surface area contributed by atoms with Crippen LogP contribution in [0.2, 0.25) is 0 Å². The van der Waals surface area contributed by atoms with Gasteiger partial charge in [-0.1, -0.05) is 0 Å². The molecule has 10 heavy (non-hydrogen) atoms. The molecule has 0 bridgehead atoms. The summed E-state index contributed by atoms with van der Waals surface area (Å²) in [6, 6.07) is -0.985. The zero-order chi connectivity index (χ0) is 8.15. The van der Waals surface area contributed by atoms with Crippen molar-refractivity contribution in [1.29, 1.82) is 0 Å². The maximum absolute atomic E-state index is 10.4. The smallest absolute Gasteiger partial charge is 0.336 e. The molecule has 5 nitrogen and oxygen atoms in total. The summed E-state index contributed by atoms with van der Waals surface area (Å²) in [7, 11) is 0. The standard InChI is InChI=1S/C3H7NO4S2/c4-2(1-9)3(5)8-10(6)7/h2,9H,1,4H2,(H,6,7)/p-1/t2-/m1/s1. The molecule has 2 N–H and O–H groups in total. The van der Waals surface area contributed by atoms with E-state index in [4.69, 9.17) is 5.73 Å². The third-order valence-corrected chi connectivity index (χ3v) is 1.34. The van der Waals surface area contributed by atoms with E-state index in [1.54, 1.807) is 0 Å². The first-order valence-electron chi connectivity index (χ1n) is 2.25. The van der Waals surface area contributed by atoms with Crippen molar-refractivity contribution in [3.05, 3.63) is 0 Å². The van der Waals surface area contributed by atoms with Gasteiger partial charge >= 0.3 is 5.97 Å². The SMILES string of the molecule is N[C@H](CS)C(=O)OS(=O)[O-]. The first kappa shape index (κ1) is 9.89. The number of rotatable bonds is 3. The Morgan fingerprint density at radius 1 is 1.90 bits per heavy atom. The van der Waals surface area contributed by atoms with Gasteiger partial charge in [-0.25, -0.2) is 9.00 Å². The third kappa shape index (κ3) is 3.83. The Labute approximate surface area is 65.8 Å².